The highest BCUT2D eigenvalue weighted by Crippen LogP contribution is 2.52. The molecule has 0 radical (unpaired) electrons. The Morgan fingerprint density at radius 1 is 1.18 bits per heavy atom. The molecule has 3 aromatic heterocycles. The molecule has 2 aliphatic rings. The monoisotopic (exact) mass is 548 g/mol. The zero-order valence-electron chi connectivity index (χ0n) is 23.2. The van der Waals surface area contributed by atoms with Crippen LogP contribution < -0.4 is 10.3 Å². The first kappa shape index (κ1) is 26.1. The minimum absolute atomic E-state index is 0.123. The van der Waals surface area contributed by atoms with E-state index in [0.717, 1.165) is 66.4 Å². The normalized spacial score (nSPS) is 23.7. The van der Waals surface area contributed by atoms with Crippen molar-refractivity contribution in [1.82, 2.24) is 29.2 Å². The number of hydrogen-bond acceptors (Lipinski definition) is 5. The van der Waals surface area contributed by atoms with Gasteiger partial charge in [-0.15, -0.1) is 10.2 Å². The summed E-state index contributed by atoms with van der Waals surface area (Å²) in [4.78, 5) is 19.7. The maximum atomic E-state index is 13.9. The molecule has 0 spiro atoms. The van der Waals surface area contributed by atoms with Crippen molar-refractivity contribution in [2.75, 3.05) is 19.7 Å². The van der Waals surface area contributed by atoms with E-state index in [1.165, 1.54) is 12.8 Å². The number of aromatic nitrogens is 5. The van der Waals surface area contributed by atoms with E-state index in [2.05, 4.69) is 46.1 Å². The van der Waals surface area contributed by atoms with Crippen LogP contribution in [0.25, 0.3) is 16.6 Å². The van der Waals surface area contributed by atoms with Gasteiger partial charge in [-0.3, -0.25) is 14.3 Å². The lowest BCUT2D eigenvalue weighted by molar-refractivity contribution is 0.175. The molecule has 1 aliphatic carbocycles. The van der Waals surface area contributed by atoms with E-state index in [1.54, 1.807) is 17.1 Å². The second kappa shape index (κ2) is 10.1. The van der Waals surface area contributed by atoms with Gasteiger partial charge >= 0.3 is 0 Å². The third kappa shape index (κ3) is 4.67. The lowest BCUT2D eigenvalue weighted by atomic mass is 9.58. The molecule has 1 atom stereocenters. The quantitative estimate of drug-likeness (QED) is 0.332. The number of benzene rings is 1. The van der Waals surface area contributed by atoms with E-state index in [1.807, 2.05) is 30.7 Å². The smallest absolute Gasteiger partial charge is 0.279 e. The molecule has 0 unspecified atom stereocenters. The summed E-state index contributed by atoms with van der Waals surface area (Å²) in [5.74, 6) is 2.91. The van der Waals surface area contributed by atoms with Gasteiger partial charge in [0.2, 0.25) is 0 Å². The van der Waals surface area contributed by atoms with E-state index < -0.39 is 0 Å². The highest BCUT2D eigenvalue weighted by molar-refractivity contribution is 6.35. The van der Waals surface area contributed by atoms with Crippen molar-refractivity contribution in [3.63, 3.8) is 0 Å². The Labute approximate surface area is 233 Å². The molecule has 9 heteroatoms. The van der Waals surface area contributed by atoms with Crippen LogP contribution >= 0.6 is 11.6 Å². The Balaban J connectivity index is 1.44. The zero-order valence-corrected chi connectivity index (χ0v) is 24.0. The van der Waals surface area contributed by atoms with Gasteiger partial charge < -0.3 is 14.3 Å². The third-order valence-electron chi connectivity index (χ3n) is 8.51. The van der Waals surface area contributed by atoms with Gasteiger partial charge in [0.1, 0.15) is 23.4 Å². The molecule has 4 heterocycles. The van der Waals surface area contributed by atoms with Crippen LogP contribution in [0.4, 0.5) is 0 Å². The van der Waals surface area contributed by atoms with Crippen molar-refractivity contribution in [2.45, 2.75) is 58.4 Å². The number of pyridine rings is 1. The Hall–Kier alpha value is -3.10. The lowest BCUT2D eigenvalue weighted by Gasteiger charge is -2.46. The number of fused-ring (bicyclic) bond motifs is 1. The molecule has 1 aliphatic heterocycles. The summed E-state index contributed by atoms with van der Waals surface area (Å²) in [6.07, 6.45) is 7.89. The summed E-state index contributed by atoms with van der Waals surface area (Å²) >= 11 is 6.81. The summed E-state index contributed by atoms with van der Waals surface area (Å²) in [5.41, 5.74) is 2.95. The molecule has 1 N–H and O–H groups in total. The fourth-order valence-corrected chi connectivity index (χ4v) is 7.07. The zero-order chi connectivity index (χ0) is 27.3. The summed E-state index contributed by atoms with van der Waals surface area (Å²) in [6.45, 7) is 10.00. The Morgan fingerprint density at radius 3 is 2.69 bits per heavy atom. The van der Waals surface area contributed by atoms with Gasteiger partial charge in [0.25, 0.3) is 5.56 Å². The van der Waals surface area contributed by atoms with Crippen molar-refractivity contribution in [3.8, 4) is 11.4 Å². The second-order valence-corrected chi connectivity index (χ2v) is 12.1. The lowest BCUT2D eigenvalue weighted by Crippen LogP contribution is -2.43. The SMILES string of the molecule is CCOc1cc(-n2cc(Cl)c3cc(CN4CCC[C@H](C)C4)[nH]c3c2=O)cc(C2(c3nncn3C)CC(C)C2)c1. The summed E-state index contributed by atoms with van der Waals surface area (Å²) in [7, 11) is 1.99. The van der Waals surface area contributed by atoms with Crippen LogP contribution in [0.2, 0.25) is 5.02 Å². The number of rotatable bonds is 7. The molecule has 8 nitrogen and oxygen atoms in total. The standard InChI is InChI=1S/C30H37ClN6O2/c1-5-39-24-10-21(30(13-20(3)14-30)29-34-32-18-35(29)4)9-23(12-24)37-17-26(31)25-11-22(33-27(25)28(37)38)16-36-8-6-7-19(2)15-36/h9-12,17-20,33H,5-8,13-16H2,1-4H3/t19-,20?,30?/m0/s1. The number of aromatic amines is 1. The van der Waals surface area contributed by atoms with Crippen molar-refractivity contribution >= 4 is 22.5 Å². The number of H-pyrrole nitrogens is 1. The highest BCUT2D eigenvalue weighted by Gasteiger charge is 2.48. The number of halogens is 1. The molecule has 6 rings (SSSR count). The topological polar surface area (TPSA) is 81.0 Å². The first-order valence-corrected chi connectivity index (χ1v) is 14.4. The number of aryl methyl sites for hydroxylation is 1. The van der Waals surface area contributed by atoms with Gasteiger partial charge in [-0.05, 0) is 74.8 Å². The Morgan fingerprint density at radius 2 is 2.00 bits per heavy atom. The van der Waals surface area contributed by atoms with Crippen LogP contribution in [0.1, 0.15) is 63.5 Å². The van der Waals surface area contributed by atoms with Gasteiger partial charge in [0.05, 0.1) is 22.7 Å². The minimum atomic E-state index is -0.283. The Kier molecular flexibility index (Phi) is 6.79. The summed E-state index contributed by atoms with van der Waals surface area (Å²) in [6, 6.07) is 8.13. The largest absolute Gasteiger partial charge is 0.494 e. The van der Waals surface area contributed by atoms with Gasteiger partial charge in [0.15, 0.2) is 0 Å². The van der Waals surface area contributed by atoms with E-state index >= 15 is 0 Å². The fraction of sp³-hybridized carbons (Fsp3) is 0.500. The van der Waals surface area contributed by atoms with Crippen LogP contribution in [0.5, 0.6) is 5.75 Å². The molecule has 2 fully saturated rings. The van der Waals surface area contributed by atoms with E-state index in [0.29, 0.717) is 29.0 Å². The molecule has 1 aromatic carbocycles. The minimum Gasteiger partial charge on any atom is -0.494 e. The van der Waals surface area contributed by atoms with Crippen LogP contribution in [0.3, 0.4) is 0 Å². The van der Waals surface area contributed by atoms with Crippen LogP contribution in [-0.2, 0) is 19.0 Å². The number of nitrogens with zero attached hydrogens (tertiary/aromatic N) is 5. The average molecular weight is 549 g/mol. The van der Waals surface area contributed by atoms with E-state index in [-0.39, 0.29) is 11.0 Å². The number of hydrogen-bond donors (Lipinski definition) is 1. The maximum absolute atomic E-state index is 13.9. The first-order chi connectivity index (χ1) is 18.8. The second-order valence-electron chi connectivity index (χ2n) is 11.7. The number of piperidine rings is 1. The first-order valence-electron chi connectivity index (χ1n) is 14.1. The van der Waals surface area contributed by atoms with Gasteiger partial charge in [-0.2, -0.15) is 0 Å². The maximum Gasteiger partial charge on any atom is 0.279 e. The fourth-order valence-electron chi connectivity index (χ4n) is 6.82. The van der Waals surface area contributed by atoms with Crippen molar-refractivity contribution in [2.24, 2.45) is 18.9 Å². The van der Waals surface area contributed by atoms with E-state index in [4.69, 9.17) is 16.3 Å². The van der Waals surface area contributed by atoms with Crippen molar-refractivity contribution in [1.29, 1.82) is 0 Å². The van der Waals surface area contributed by atoms with Crippen molar-refractivity contribution in [3.05, 3.63) is 69.2 Å². The molecule has 0 amide bonds. The molecule has 1 saturated carbocycles. The molecular formula is C30H37ClN6O2. The summed E-state index contributed by atoms with van der Waals surface area (Å²) in [5, 5.41) is 9.98. The van der Waals surface area contributed by atoms with E-state index in [9.17, 15) is 4.79 Å². The molecule has 0 bridgehead atoms. The van der Waals surface area contributed by atoms with Crippen molar-refractivity contribution < 1.29 is 4.74 Å². The van der Waals surface area contributed by atoms with Crippen LogP contribution in [0, 0.1) is 11.8 Å². The molecule has 4 aromatic rings. The molecular weight excluding hydrogens is 512 g/mol. The van der Waals surface area contributed by atoms with Crippen LogP contribution in [0.15, 0.2) is 41.6 Å². The number of likely N-dealkylation sites (tertiary alicyclic amines) is 1. The third-order valence-corrected chi connectivity index (χ3v) is 8.81. The van der Waals surface area contributed by atoms with Gasteiger partial charge in [-0.25, -0.2) is 0 Å². The highest BCUT2D eigenvalue weighted by atomic mass is 35.5. The Bertz CT molecular complexity index is 1560. The predicted octanol–water partition coefficient (Wildman–Crippen LogP) is 5.45. The predicted molar refractivity (Wildman–Crippen MR) is 154 cm³/mol. The number of ether oxygens (including phenoxy) is 1. The molecule has 1 saturated heterocycles. The van der Waals surface area contributed by atoms with Gasteiger partial charge in [-0.1, -0.05) is 25.4 Å². The van der Waals surface area contributed by atoms with Gasteiger partial charge in [0, 0.05) is 43.5 Å². The molecule has 39 heavy (non-hydrogen) atoms. The molecule has 206 valence electrons. The number of nitrogens with one attached hydrogen (secondary N) is 1. The average Bonchev–Trinajstić information content (AvgIpc) is 3.51. The summed E-state index contributed by atoms with van der Waals surface area (Å²) < 4.78 is 9.64. The van der Waals surface area contributed by atoms with Crippen LogP contribution in [-0.4, -0.2) is 48.9 Å².